The number of carbonyl (C=O) groups excluding carboxylic acids is 2. The topological polar surface area (TPSA) is 61.4 Å². The van der Waals surface area contributed by atoms with Crippen LogP contribution in [0.3, 0.4) is 0 Å². The van der Waals surface area contributed by atoms with Gasteiger partial charge in [0.2, 0.25) is 11.8 Å². The zero-order valence-corrected chi connectivity index (χ0v) is 17.8. The molecule has 3 aromatic carbocycles. The largest absolute Gasteiger partial charge is 0.348 e. The first-order valence-corrected chi connectivity index (χ1v) is 10.3. The third kappa shape index (κ3) is 5.67. The van der Waals surface area contributed by atoms with Gasteiger partial charge in [-0.05, 0) is 37.4 Å². The molecule has 0 bridgehead atoms. The fourth-order valence-electron chi connectivity index (χ4n) is 3.53. The van der Waals surface area contributed by atoms with Gasteiger partial charge < -0.3 is 10.6 Å². The zero-order chi connectivity index (χ0) is 21.5. The van der Waals surface area contributed by atoms with E-state index in [1.165, 1.54) is 5.56 Å². The molecule has 1 atom stereocenters. The van der Waals surface area contributed by atoms with E-state index in [0.717, 1.165) is 28.4 Å². The molecule has 0 aliphatic rings. The smallest absolute Gasteiger partial charge is 0.238 e. The van der Waals surface area contributed by atoms with E-state index in [9.17, 15) is 9.59 Å². The molecule has 156 valence electrons. The molecule has 0 aliphatic carbocycles. The number of aryl methyl sites for hydroxylation is 1. The van der Waals surface area contributed by atoms with E-state index < -0.39 is 0 Å². The van der Waals surface area contributed by atoms with Crippen LogP contribution in [0.4, 0.5) is 5.69 Å². The maximum atomic E-state index is 12.5. The summed E-state index contributed by atoms with van der Waals surface area (Å²) in [5, 5.41) is 8.10. The van der Waals surface area contributed by atoms with E-state index in [2.05, 4.69) is 10.6 Å². The molecule has 0 saturated carbocycles. The standard InChI is InChI=1S/C25H29N3O2/c1-4-22(20-14-12-18(2)13-15-20)26-24(29)16-28(3)17-25(30)27-23-11-7-9-19-8-5-6-10-21(19)23/h5-15,22H,4,16-17H2,1-3H3,(H,26,29)(H,27,30). The number of benzene rings is 3. The first-order chi connectivity index (χ1) is 14.5. The highest BCUT2D eigenvalue weighted by atomic mass is 16.2. The summed E-state index contributed by atoms with van der Waals surface area (Å²) in [6.45, 7) is 4.39. The van der Waals surface area contributed by atoms with Crippen molar-refractivity contribution in [3.05, 3.63) is 77.9 Å². The van der Waals surface area contributed by atoms with Gasteiger partial charge in [0.1, 0.15) is 0 Å². The first kappa shape index (κ1) is 21.5. The van der Waals surface area contributed by atoms with Crippen LogP contribution in [-0.4, -0.2) is 36.9 Å². The molecule has 0 fully saturated rings. The van der Waals surface area contributed by atoms with Crippen LogP contribution in [0.5, 0.6) is 0 Å². The van der Waals surface area contributed by atoms with Gasteiger partial charge in [0, 0.05) is 11.1 Å². The Hall–Kier alpha value is -3.18. The van der Waals surface area contributed by atoms with Gasteiger partial charge in [0.15, 0.2) is 0 Å². The third-order valence-electron chi connectivity index (χ3n) is 5.11. The molecular weight excluding hydrogens is 374 g/mol. The summed E-state index contributed by atoms with van der Waals surface area (Å²) < 4.78 is 0. The summed E-state index contributed by atoms with van der Waals surface area (Å²) in [4.78, 5) is 26.7. The molecule has 5 nitrogen and oxygen atoms in total. The van der Waals surface area contributed by atoms with Crippen molar-refractivity contribution in [2.45, 2.75) is 26.3 Å². The molecule has 2 amide bonds. The summed E-state index contributed by atoms with van der Waals surface area (Å²) >= 11 is 0. The Morgan fingerprint density at radius 1 is 0.900 bits per heavy atom. The lowest BCUT2D eigenvalue weighted by Crippen LogP contribution is -2.40. The molecule has 3 rings (SSSR count). The van der Waals surface area contributed by atoms with Crippen molar-refractivity contribution in [1.82, 2.24) is 10.2 Å². The van der Waals surface area contributed by atoms with Gasteiger partial charge in [-0.25, -0.2) is 0 Å². The van der Waals surface area contributed by atoms with E-state index in [-0.39, 0.29) is 30.9 Å². The maximum absolute atomic E-state index is 12.5. The minimum absolute atomic E-state index is 0.0315. The molecule has 0 heterocycles. The lowest BCUT2D eigenvalue weighted by atomic mass is 10.0. The highest BCUT2D eigenvalue weighted by Crippen LogP contribution is 2.22. The normalized spacial score (nSPS) is 12.0. The molecule has 30 heavy (non-hydrogen) atoms. The summed E-state index contributed by atoms with van der Waals surface area (Å²) in [6, 6.07) is 21.9. The monoisotopic (exact) mass is 403 g/mol. The molecule has 3 aromatic rings. The van der Waals surface area contributed by atoms with Gasteiger partial charge in [-0.2, -0.15) is 0 Å². The fourth-order valence-corrected chi connectivity index (χ4v) is 3.53. The average Bonchev–Trinajstić information content (AvgIpc) is 2.73. The van der Waals surface area contributed by atoms with Gasteiger partial charge >= 0.3 is 0 Å². The van der Waals surface area contributed by atoms with Crippen molar-refractivity contribution >= 4 is 28.3 Å². The number of amides is 2. The van der Waals surface area contributed by atoms with E-state index in [1.807, 2.05) is 80.6 Å². The Morgan fingerprint density at radius 2 is 1.57 bits per heavy atom. The molecular formula is C25H29N3O2. The molecule has 0 radical (unpaired) electrons. The summed E-state index contributed by atoms with van der Waals surface area (Å²) in [5.74, 6) is -0.241. The predicted molar refractivity (Wildman–Crippen MR) is 122 cm³/mol. The van der Waals surface area contributed by atoms with Crippen molar-refractivity contribution in [2.75, 3.05) is 25.5 Å². The number of nitrogens with one attached hydrogen (secondary N) is 2. The van der Waals surface area contributed by atoms with E-state index >= 15 is 0 Å². The van der Waals surface area contributed by atoms with Crippen molar-refractivity contribution in [3.63, 3.8) is 0 Å². The Balaban J connectivity index is 1.53. The Morgan fingerprint density at radius 3 is 2.30 bits per heavy atom. The van der Waals surface area contributed by atoms with Crippen molar-refractivity contribution in [1.29, 1.82) is 0 Å². The third-order valence-corrected chi connectivity index (χ3v) is 5.11. The van der Waals surface area contributed by atoms with Crippen molar-refractivity contribution < 1.29 is 9.59 Å². The van der Waals surface area contributed by atoms with Crippen LogP contribution in [0.2, 0.25) is 0 Å². The second-order valence-electron chi connectivity index (χ2n) is 7.69. The van der Waals surface area contributed by atoms with Gasteiger partial charge in [-0.1, -0.05) is 73.2 Å². The molecule has 0 aliphatic heterocycles. The Kier molecular flexibility index (Phi) is 7.20. The van der Waals surface area contributed by atoms with E-state index in [4.69, 9.17) is 0 Å². The van der Waals surface area contributed by atoms with Crippen molar-refractivity contribution in [2.24, 2.45) is 0 Å². The first-order valence-electron chi connectivity index (χ1n) is 10.3. The molecule has 5 heteroatoms. The minimum Gasteiger partial charge on any atom is -0.348 e. The lowest BCUT2D eigenvalue weighted by molar-refractivity contribution is -0.123. The molecule has 0 spiro atoms. The van der Waals surface area contributed by atoms with Crippen LogP contribution in [0.1, 0.15) is 30.5 Å². The number of nitrogens with zero attached hydrogens (tertiary/aromatic N) is 1. The number of likely N-dealkylation sites (N-methyl/N-ethyl adjacent to an activating group) is 1. The van der Waals surface area contributed by atoms with Crippen LogP contribution in [0, 0.1) is 6.92 Å². The fraction of sp³-hybridized carbons (Fsp3) is 0.280. The Bertz CT molecular complexity index is 1010. The predicted octanol–water partition coefficient (Wildman–Crippen LogP) is 4.29. The van der Waals surface area contributed by atoms with Crippen LogP contribution in [0.15, 0.2) is 66.7 Å². The van der Waals surface area contributed by atoms with Gasteiger partial charge in [-0.15, -0.1) is 0 Å². The number of hydrogen-bond donors (Lipinski definition) is 2. The lowest BCUT2D eigenvalue weighted by Gasteiger charge is -2.21. The van der Waals surface area contributed by atoms with E-state index in [1.54, 1.807) is 11.9 Å². The number of carbonyl (C=O) groups is 2. The molecule has 0 aromatic heterocycles. The highest BCUT2D eigenvalue weighted by Gasteiger charge is 2.16. The van der Waals surface area contributed by atoms with Gasteiger partial charge in [0.25, 0.3) is 0 Å². The second-order valence-corrected chi connectivity index (χ2v) is 7.69. The highest BCUT2D eigenvalue weighted by molar-refractivity contribution is 6.02. The SMILES string of the molecule is CCC(NC(=O)CN(C)CC(=O)Nc1cccc2ccccc12)c1ccc(C)cc1. The molecule has 0 saturated heterocycles. The quantitative estimate of drug-likeness (QED) is 0.590. The van der Waals surface area contributed by atoms with E-state index in [0.29, 0.717) is 0 Å². The van der Waals surface area contributed by atoms with Gasteiger partial charge in [0.05, 0.1) is 19.1 Å². The molecule has 1 unspecified atom stereocenters. The van der Waals surface area contributed by atoms with Crippen LogP contribution >= 0.6 is 0 Å². The van der Waals surface area contributed by atoms with Crippen LogP contribution < -0.4 is 10.6 Å². The number of anilines is 1. The molecule has 2 N–H and O–H groups in total. The summed E-state index contributed by atoms with van der Waals surface area (Å²) in [7, 11) is 1.77. The summed E-state index contributed by atoms with van der Waals surface area (Å²) in [5.41, 5.74) is 3.06. The van der Waals surface area contributed by atoms with Crippen LogP contribution in [0.25, 0.3) is 10.8 Å². The average molecular weight is 404 g/mol. The zero-order valence-electron chi connectivity index (χ0n) is 17.8. The van der Waals surface area contributed by atoms with Gasteiger partial charge in [-0.3, -0.25) is 14.5 Å². The van der Waals surface area contributed by atoms with Crippen LogP contribution in [-0.2, 0) is 9.59 Å². The summed E-state index contributed by atoms with van der Waals surface area (Å²) in [6.07, 6.45) is 0.806. The Labute approximate surface area is 178 Å². The minimum atomic E-state index is -0.146. The second kappa shape index (κ2) is 10.0. The number of rotatable bonds is 8. The maximum Gasteiger partial charge on any atom is 0.238 e. The van der Waals surface area contributed by atoms with Crippen molar-refractivity contribution in [3.8, 4) is 0 Å². The number of hydrogen-bond acceptors (Lipinski definition) is 3. The number of fused-ring (bicyclic) bond motifs is 1.